The summed E-state index contributed by atoms with van der Waals surface area (Å²) in [4.78, 5) is 44.0. The second-order valence-electron chi connectivity index (χ2n) is 11.0. The predicted molar refractivity (Wildman–Crippen MR) is 177 cm³/mol. The minimum absolute atomic E-state index is 0.0871. The highest BCUT2D eigenvalue weighted by Gasteiger charge is 2.38. The van der Waals surface area contributed by atoms with Gasteiger partial charge in [0.15, 0.2) is 0 Å². The monoisotopic (exact) mass is 660 g/mol. The zero-order valence-electron chi connectivity index (χ0n) is 24.0. The van der Waals surface area contributed by atoms with Crippen molar-refractivity contribution in [1.82, 2.24) is 0 Å². The number of benzene rings is 4. The average Bonchev–Trinajstić information content (AvgIpc) is 3.80. The Bertz CT molecular complexity index is 2030. The van der Waals surface area contributed by atoms with E-state index in [1.807, 2.05) is 48.5 Å². The highest BCUT2D eigenvalue weighted by Crippen LogP contribution is 2.48. The van der Waals surface area contributed by atoms with Crippen LogP contribution in [0.25, 0.3) is 21.5 Å². The molecule has 0 unspecified atom stereocenters. The van der Waals surface area contributed by atoms with E-state index in [0.29, 0.717) is 50.9 Å². The van der Waals surface area contributed by atoms with Gasteiger partial charge in [0.2, 0.25) is 0 Å². The number of phenolic OH excluding ortho intramolecular Hbond substituents is 1. The Hall–Kier alpha value is -4.31. The van der Waals surface area contributed by atoms with Gasteiger partial charge in [-0.05, 0) is 34.0 Å². The van der Waals surface area contributed by atoms with Crippen LogP contribution < -0.4 is 14.5 Å². The molecule has 45 heavy (non-hydrogen) atoms. The number of amides is 2. The fraction of sp³-hybridized carbons (Fsp3) is 0.206. The molecular formula is C34H26Cl2N2O6S. The van der Waals surface area contributed by atoms with Gasteiger partial charge in [-0.3, -0.25) is 9.59 Å². The molecule has 0 bridgehead atoms. The number of rotatable bonds is 5. The highest BCUT2D eigenvalue weighted by molar-refractivity contribution is 7.16. The van der Waals surface area contributed by atoms with Gasteiger partial charge in [0, 0.05) is 59.6 Å². The summed E-state index contributed by atoms with van der Waals surface area (Å²) in [7, 11) is 1.23. The maximum Gasteiger partial charge on any atom is 0.513 e. The van der Waals surface area contributed by atoms with E-state index in [9.17, 15) is 19.5 Å². The summed E-state index contributed by atoms with van der Waals surface area (Å²) in [5.41, 5.74) is 3.03. The van der Waals surface area contributed by atoms with Crippen LogP contribution in [0.3, 0.4) is 0 Å². The third kappa shape index (κ3) is 4.77. The summed E-state index contributed by atoms with van der Waals surface area (Å²) in [6.45, 7) is 0.688. The Morgan fingerprint density at radius 2 is 1.27 bits per heavy atom. The molecule has 2 amide bonds. The molecule has 0 radical (unpaired) electrons. The normalized spacial score (nSPS) is 17.0. The first-order valence-electron chi connectivity index (χ1n) is 14.3. The van der Waals surface area contributed by atoms with Gasteiger partial charge in [-0.15, -0.1) is 34.5 Å². The Morgan fingerprint density at radius 3 is 1.80 bits per heavy atom. The molecule has 11 heteroatoms. The Labute approximate surface area is 272 Å². The largest absolute Gasteiger partial charge is 0.513 e. The van der Waals surface area contributed by atoms with Gasteiger partial charge >= 0.3 is 6.16 Å². The van der Waals surface area contributed by atoms with E-state index in [2.05, 4.69) is 0 Å². The summed E-state index contributed by atoms with van der Waals surface area (Å²) in [5.74, 6) is 0.115. The van der Waals surface area contributed by atoms with Gasteiger partial charge in [-0.2, -0.15) is 0 Å². The number of methoxy groups -OCH3 is 1. The second kappa shape index (κ2) is 11.6. The maximum absolute atomic E-state index is 14.0. The van der Waals surface area contributed by atoms with Crippen LogP contribution in [0.5, 0.6) is 11.5 Å². The summed E-state index contributed by atoms with van der Waals surface area (Å²) in [6.07, 6.45) is -0.868. The van der Waals surface area contributed by atoms with E-state index < -0.39 is 6.16 Å². The molecule has 5 aromatic rings. The van der Waals surface area contributed by atoms with E-state index in [0.717, 1.165) is 33.2 Å². The quantitative estimate of drug-likeness (QED) is 0.117. The number of alkyl halides is 2. The summed E-state index contributed by atoms with van der Waals surface area (Å²) in [6, 6.07) is 21.6. The van der Waals surface area contributed by atoms with Crippen LogP contribution in [0.15, 0.2) is 72.8 Å². The van der Waals surface area contributed by atoms with E-state index in [4.69, 9.17) is 32.7 Å². The maximum atomic E-state index is 14.0. The third-order valence-electron chi connectivity index (χ3n) is 8.52. The lowest BCUT2D eigenvalue weighted by Crippen LogP contribution is -2.30. The van der Waals surface area contributed by atoms with Gasteiger partial charge in [0.05, 0.1) is 28.2 Å². The van der Waals surface area contributed by atoms with Crippen molar-refractivity contribution >= 4 is 85.4 Å². The minimum atomic E-state index is -0.868. The van der Waals surface area contributed by atoms with Gasteiger partial charge in [0.25, 0.3) is 11.8 Å². The van der Waals surface area contributed by atoms with Crippen LogP contribution in [0.4, 0.5) is 16.2 Å². The summed E-state index contributed by atoms with van der Waals surface area (Å²) < 4.78 is 10.2. The molecular weight excluding hydrogens is 635 g/mol. The van der Waals surface area contributed by atoms with Crippen molar-refractivity contribution in [2.45, 2.75) is 11.8 Å². The zero-order valence-corrected chi connectivity index (χ0v) is 26.3. The lowest BCUT2D eigenvalue weighted by molar-refractivity contribution is 0.0986. The fourth-order valence-electron chi connectivity index (χ4n) is 6.53. The standard InChI is InChI=1S/C34H26Cl2N2O6S/c1-43-34(42)44-27-13-25-31(23-9-5-3-7-21(23)27)19(15-36)17-38(25)33(41)29-11-10-28(45-29)32(40)37-16-18(14-35)30-22-8-4-2-6-20(22)26(39)12-24(30)37/h2-13,18-19,39H,14-17H2,1H3/t18-,19-/m1/s1. The number of hydrogen-bond donors (Lipinski definition) is 1. The first kappa shape index (κ1) is 29.4. The van der Waals surface area contributed by atoms with Crippen molar-refractivity contribution in [3.63, 3.8) is 0 Å². The fourth-order valence-corrected chi connectivity index (χ4v) is 7.93. The number of anilines is 2. The number of thiophene rings is 1. The molecule has 4 aromatic carbocycles. The van der Waals surface area contributed by atoms with Crippen LogP contribution in [-0.2, 0) is 4.74 Å². The molecule has 7 rings (SSSR count). The number of ether oxygens (including phenoxy) is 2. The molecule has 1 N–H and O–H groups in total. The summed E-state index contributed by atoms with van der Waals surface area (Å²) >= 11 is 13.9. The van der Waals surface area contributed by atoms with E-state index in [-0.39, 0.29) is 41.0 Å². The molecule has 2 atom stereocenters. The van der Waals surface area contributed by atoms with Crippen LogP contribution in [0.2, 0.25) is 0 Å². The zero-order chi connectivity index (χ0) is 31.4. The predicted octanol–water partition coefficient (Wildman–Crippen LogP) is 7.87. The highest BCUT2D eigenvalue weighted by atomic mass is 35.5. The smallest absolute Gasteiger partial charge is 0.507 e. The van der Waals surface area contributed by atoms with Gasteiger partial charge in [-0.1, -0.05) is 48.5 Å². The number of phenols is 1. The molecule has 0 spiro atoms. The van der Waals surface area contributed by atoms with Crippen molar-refractivity contribution in [2.24, 2.45) is 0 Å². The lowest BCUT2D eigenvalue weighted by atomic mass is 9.95. The molecule has 2 aliphatic rings. The molecule has 0 saturated carbocycles. The molecule has 2 aliphatic heterocycles. The van der Waals surface area contributed by atoms with E-state index in [1.165, 1.54) is 7.11 Å². The van der Waals surface area contributed by atoms with Crippen molar-refractivity contribution in [2.75, 3.05) is 41.8 Å². The van der Waals surface area contributed by atoms with Crippen LogP contribution in [0.1, 0.15) is 42.3 Å². The molecule has 0 aliphatic carbocycles. The second-order valence-corrected chi connectivity index (χ2v) is 12.7. The lowest BCUT2D eigenvalue weighted by Gasteiger charge is -2.19. The Kier molecular flexibility index (Phi) is 7.55. The van der Waals surface area contributed by atoms with Gasteiger partial charge in [-0.25, -0.2) is 4.79 Å². The number of carbonyl (C=O) groups is 3. The molecule has 0 fully saturated rings. The van der Waals surface area contributed by atoms with E-state index >= 15 is 0 Å². The first-order chi connectivity index (χ1) is 21.8. The van der Waals surface area contributed by atoms with Gasteiger partial charge < -0.3 is 24.4 Å². The number of fused-ring (bicyclic) bond motifs is 6. The molecule has 228 valence electrons. The number of halogens is 2. The molecule has 3 heterocycles. The van der Waals surface area contributed by atoms with Crippen LogP contribution in [0, 0.1) is 0 Å². The topological polar surface area (TPSA) is 96.4 Å². The molecule has 1 aromatic heterocycles. The van der Waals surface area contributed by atoms with E-state index in [1.54, 1.807) is 34.1 Å². The molecule has 8 nitrogen and oxygen atoms in total. The van der Waals surface area contributed by atoms with Gasteiger partial charge in [0.1, 0.15) is 11.5 Å². The Balaban J connectivity index is 1.23. The van der Waals surface area contributed by atoms with Crippen LogP contribution >= 0.6 is 34.5 Å². The SMILES string of the molecule is COC(=O)Oc1cc2c(c3ccccc13)[C@H](CCl)CN2C(=O)c1ccc(C(=O)N2C[C@@H](CCl)c3c2cc(O)c2ccccc32)s1. The summed E-state index contributed by atoms with van der Waals surface area (Å²) in [5, 5.41) is 13.9. The number of carbonyl (C=O) groups excluding carboxylic acids is 3. The minimum Gasteiger partial charge on any atom is -0.507 e. The third-order valence-corrected chi connectivity index (χ3v) is 10.3. The van der Waals surface area contributed by atoms with Crippen molar-refractivity contribution in [1.29, 1.82) is 0 Å². The first-order valence-corrected chi connectivity index (χ1v) is 16.1. The van der Waals surface area contributed by atoms with Crippen LogP contribution in [-0.4, -0.2) is 55.0 Å². The number of hydrogen-bond acceptors (Lipinski definition) is 7. The Morgan fingerprint density at radius 1 is 0.778 bits per heavy atom. The van der Waals surface area contributed by atoms with Crippen molar-refractivity contribution < 1.29 is 29.0 Å². The molecule has 0 saturated heterocycles. The average molecular weight is 662 g/mol. The number of nitrogens with zero attached hydrogens (tertiary/aromatic N) is 2. The number of aromatic hydroxyl groups is 1. The van der Waals surface area contributed by atoms with Crippen molar-refractivity contribution in [3.05, 3.63) is 93.7 Å². The van der Waals surface area contributed by atoms with Crippen molar-refractivity contribution in [3.8, 4) is 11.5 Å².